The number of rotatable bonds is 5. The molecule has 0 aliphatic heterocycles. The molecule has 0 bridgehead atoms. The second kappa shape index (κ2) is 5.41. The number of nitrogen functional groups attached to an aromatic ring is 1. The lowest BCUT2D eigenvalue weighted by Gasteiger charge is -2.06. The zero-order chi connectivity index (χ0) is 13.0. The van der Waals surface area contributed by atoms with Crippen LogP contribution in [-0.2, 0) is 6.42 Å². The SMILES string of the molecule is Cc1nc(NN)cc(NCCc2nc(C)no2)n1. The van der Waals surface area contributed by atoms with Gasteiger partial charge in [-0.15, -0.1) is 0 Å². The Balaban J connectivity index is 1.91. The highest BCUT2D eigenvalue weighted by Gasteiger charge is 2.03. The minimum Gasteiger partial charge on any atom is -0.369 e. The summed E-state index contributed by atoms with van der Waals surface area (Å²) in [6, 6.07) is 1.73. The minimum atomic E-state index is 0.568. The summed E-state index contributed by atoms with van der Waals surface area (Å²) in [4.78, 5) is 12.4. The van der Waals surface area contributed by atoms with Gasteiger partial charge in [0.1, 0.15) is 17.5 Å². The Morgan fingerprint density at radius 3 is 2.61 bits per heavy atom. The summed E-state index contributed by atoms with van der Waals surface area (Å²) < 4.78 is 5.00. The molecule has 18 heavy (non-hydrogen) atoms. The van der Waals surface area contributed by atoms with Crippen molar-refractivity contribution in [3.05, 3.63) is 23.6 Å². The monoisotopic (exact) mass is 249 g/mol. The zero-order valence-electron chi connectivity index (χ0n) is 10.3. The number of hydrogen-bond donors (Lipinski definition) is 3. The standard InChI is InChI=1S/C10H15N7O/c1-6-13-8(5-9(14-6)16-11)12-4-3-10-15-7(2)17-18-10/h5H,3-4,11H2,1-2H3,(H2,12,13,14,16). The molecule has 0 amide bonds. The fourth-order valence-corrected chi connectivity index (χ4v) is 1.47. The van der Waals surface area contributed by atoms with Crippen LogP contribution >= 0.6 is 0 Å². The van der Waals surface area contributed by atoms with Crippen LogP contribution in [0.25, 0.3) is 0 Å². The number of aromatic nitrogens is 4. The van der Waals surface area contributed by atoms with Crippen molar-refractivity contribution < 1.29 is 4.52 Å². The molecule has 8 heteroatoms. The number of hydrogen-bond acceptors (Lipinski definition) is 8. The van der Waals surface area contributed by atoms with Gasteiger partial charge >= 0.3 is 0 Å². The molecule has 0 radical (unpaired) electrons. The second-order valence-corrected chi connectivity index (χ2v) is 3.74. The van der Waals surface area contributed by atoms with Crippen molar-refractivity contribution in [1.82, 2.24) is 20.1 Å². The summed E-state index contributed by atoms with van der Waals surface area (Å²) in [5, 5.41) is 6.86. The molecule has 2 aromatic rings. The van der Waals surface area contributed by atoms with Gasteiger partial charge in [0.05, 0.1) is 0 Å². The highest BCUT2D eigenvalue weighted by atomic mass is 16.5. The van der Waals surface area contributed by atoms with Crippen molar-refractivity contribution >= 4 is 11.6 Å². The van der Waals surface area contributed by atoms with Crippen molar-refractivity contribution in [2.75, 3.05) is 17.3 Å². The summed E-state index contributed by atoms with van der Waals surface area (Å²) in [5.41, 5.74) is 2.49. The van der Waals surface area contributed by atoms with Crippen molar-refractivity contribution in [3.63, 3.8) is 0 Å². The number of aryl methyl sites for hydroxylation is 2. The molecular weight excluding hydrogens is 234 g/mol. The minimum absolute atomic E-state index is 0.568. The molecule has 0 aliphatic carbocycles. The molecule has 0 aliphatic rings. The lowest BCUT2D eigenvalue weighted by Crippen LogP contribution is -2.12. The van der Waals surface area contributed by atoms with Crippen molar-refractivity contribution in [2.24, 2.45) is 5.84 Å². The third-order valence-electron chi connectivity index (χ3n) is 2.20. The predicted octanol–water partition coefficient (Wildman–Crippen LogP) is 0.417. The molecule has 0 atom stereocenters. The van der Waals surface area contributed by atoms with Gasteiger partial charge in [-0.05, 0) is 13.8 Å². The maximum Gasteiger partial charge on any atom is 0.228 e. The van der Waals surface area contributed by atoms with Crippen LogP contribution in [0.2, 0.25) is 0 Å². The maximum atomic E-state index is 5.31. The molecule has 0 fully saturated rings. The van der Waals surface area contributed by atoms with E-state index in [9.17, 15) is 0 Å². The first-order chi connectivity index (χ1) is 8.67. The number of nitrogens with one attached hydrogen (secondary N) is 2. The van der Waals surface area contributed by atoms with E-state index in [-0.39, 0.29) is 0 Å². The third kappa shape index (κ3) is 3.14. The lowest BCUT2D eigenvalue weighted by atomic mass is 10.4. The fraction of sp³-hybridized carbons (Fsp3) is 0.400. The molecule has 2 aromatic heterocycles. The summed E-state index contributed by atoms with van der Waals surface area (Å²) in [7, 11) is 0. The largest absolute Gasteiger partial charge is 0.369 e. The second-order valence-electron chi connectivity index (χ2n) is 3.74. The van der Waals surface area contributed by atoms with Crippen molar-refractivity contribution in [3.8, 4) is 0 Å². The van der Waals surface area contributed by atoms with E-state index in [4.69, 9.17) is 10.4 Å². The highest BCUT2D eigenvalue weighted by Crippen LogP contribution is 2.09. The van der Waals surface area contributed by atoms with Gasteiger partial charge in [-0.1, -0.05) is 5.16 Å². The molecule has 8 nitrogen and oxygen atoms in total. The van der Waals surface area contributed by atoms with Gasteiger partial charge in [0.15, 0.2) is 5.82 Å². The number of nitrogens with zero attached hydrogens (tertiary/aromatic N) is 4. The van der Waals surface area contributed by atoms with Gasteiger partial charge in [-0.25, -0.2) is 15.8 Å². The molecule has 4 N–H and O–H groups in total. The molecule has 0 unspecified atom stereocenters. The molecule has 0 aromatic carbocycles. The van der Waals surface area contributed by atoms with Crippen LogP contribution in [0, 0.1) is 13.8 Å². The average Bonchev–Trinajstić information content (AvgIpc) is 2.74. The van der Waals surface area contributed by atoms with Gasteiger partial charge in [-0.2, -0.15) is 4.98 Å². The third-order valence-corrected chi connectivity index (χ3v) is 2.20. The molecule has 0 saturated carbocycles. The van der Waals surface area contributed by atoms with E-state index in [1.165, 1.54) is 0 Å². The van der Waals surface area contributed by atoms with Crippen molar-refractivity contribution in [2.45, 2.75) is 20.3 Å². The van der Waals surface area contributed by atoms with Crippen LogP contribution in [-0.4, -0.2) is 26.7 Å². The molecule has 0 spiro atoms. The topological polar surface area (TPSA) is 115 Å². The van der Waals surface area contributed by atoms with Crippen LogP contribution in [0.3, 0.4) is 0 Å². The number of hydrazine groups is 1. The molecule has 96 valence electrons. The van der Waals surface area contributed by atoms with Crippen molar-refractivity contribution in [1.29, 1.82) is 0 Å². The summed E-state index contributed by atoms with van der Waals surface area (Å²) in [6.07, 6.45) is 0.634. The Kier molecular flexibility index (Phi) is 3.68. The Bertz CT molecular complexity index is 525. The fourth-order valence-electron chi connectivity index (χ4n) is 1.47. The first kappa shape index (κ1) is 12.2. The van der Waals surface area contributed by atoms with Gasteiger partial charge in [-0.3, -0.25) is 0 Å². The Morgan fingerprint density at radius 2 is 1.94 bits per heavy atom. The van der Waals surface area contributed by atoms with Crippen LogP contribution < -0.4 is 16.6 Å². The zero-order valence-corrected chi connectivity index (χ0v) is 10.3. The highest BCUT2D eigenvalue weighted by molar-refractivity contribution is 5.46. The summed E-state index contributed by atoms with van der Waals surface area (Å²) >= 11 is 0. The van der Waals surface area contributed by atoms with E-state index in [0.29, 0.717) is 42.1 Å². The van der Waals surface area contributed by atoms with Crippen LogP contribution in [0.5, 0.6) is 0 Å². The van der Waals surface area contributed by atoms with E-state index < -0.39 is 0 Å². The summed E-state index contributed by atoms with van der Waals surface area (Å²) in [5.74, 6) is 8.45. The smallest absolute Gasteiger partial charge is 0.228 e. The summed E-state index contributed by atoms with van der Waals surface area (Å²) in [6.45, 7) is 4.23. The first-order valence-corrected chi connectivity index (χ1v) is 5.53. The van der Waals surface area contributed by atoms with Crippen LogP contribution in [0.15, 0.2) is 10.6 Å². The molecule has 2 rings (SSSR count). The van der Waals surface area contributed by atoms with E-state index in [2.05, 4.69) is 30.9 Å². The van der Waals surface area contributed by atoms with Gasteiger partial charge in [0.25, 0.3) is 0 Å². The average molecular weight is 249 g/mol. The number of nitrogens with two attached hydrogens (primary N) is 1. The quantitative estimate of drug-likeness (QED) is 0.515. The maximum absolute atomic E-state index is 5.31. The Hall–Kier alpha value is -2.22. The predicted molar refractivity (Wildman–Crippen MR) is 65.8 cm³/mol. The lowest BCUT2D eigenvalue weighted by molar-refractivity contribution is 0.377. The van der Waals surface area contributed by atoms with Gasteiger partial charge in [0, 0.05) is 19.0 Å². The number of anilines is 2. The molecule has 0 saturated heterocycles. The van der Waals surface area contributed by atoms with E-state index >= 15 is 0 Å². The van der Waals surface area contributed by atoms with Gasteiger partial charge in [0.2, 0.25) is 5.89 Å². The van der Waals surface area contributed by atoms with E-state index in [1.54, 1.807) is 19.9 Å². The Morgan fingerprint density at radius 1 is 1.17 bits per heavy atom. The Labute approximate surface area is 104 Å². The molecule has 2 heterocycles. The van der Waals surface area contributed by atoms with Gasteiger partial charge < -0.3 is 15.3 Å². The molecular formula is C10H15N7O. The van der Waals surface area contributed by atoms with E-state index in [0.717, 1.165) is 0 Å². The van der Waals surface area contributed by atoms with Crippen LogP contribution in [0.1, 0.15) is 17.5 Å². The van der Waals surface area contributed by atoms with Crippen LogP contribution in [0.4, 0.5) is 11.6 Å². The first-order valence-electron chi connectivity index (χ1n) is 5.53. The van der Waals surface area contributed by atoms with E-state index in [1.807, 2.05) is 0 Å². The normalized spacial score (nSPS) is 10.4.